The lowest BCUT2D eigenvalue weighted by atomic mass is 10.1. The van der Waals surface area contributed by atoms with Crippen molar-refractivity contribution >= 4 is 68.1 Å². The quantitative estimate of drug-likeness (QED) is 0.196. The van der Waals surface area contributed by atoms with E-state index in [1.807, 2.05) is 0 Å². The van der Waals surface area contributed by atoms with Crippen molar-refractivity contribution in [1.29, 1.82) is 0 Å². The number of anilines is 1. The van der Waals surface area contributed by atoms with Gasteiger partial charge >= 0.3 is 0 Å². The van der Waals surface area contributed by atoms with E-state index in [2.05, 4.69) is 15.5 Å². The second-order valence-corrected chi connectivity index (χ2v) is 10.4. The molecule has 1 amide bonds. The molecule has 0 unspecified atom stereocenters. The molecule has 0 saturated heterocycles. The zero-order valence-corrected chi connectivity index (χ0v) is 22.2. The average Bonchev–Trinajstić information content (AvgIpc) is 3.29. The molecule has 13 heteroatoms. The first kappa shape index (κ1) is 27.9. The zero-order valence-electron chi connectivity index (χ0n) is 18.3. The number of aryl methyl sites for hydroxylation is 1. The smallest absolute Gasteiger partial charge is 0.294 e. The first-order valence-electron chi connectivity index (χ1n) is 9.97. The number of rotatable bonds is 5. The minimum Gasteiger partial charge on any atom is -0.354 e. The Labute approximate surface area is 226 Å². The van der Waals surface area contributed by atoms with Crippen LogP contribution in [0.1, 0.15) is 5.56 Å². The van der Waals surface area contributed by atoms with Gasteiger partial charge in [-0.25, -0.2) is 0 Å². The minimum atomic E-state index is -4.03. The van der Waals surface area contributed by atoms with E-state index < -0.39 is 20.9 Å². The molecule has 0 spiro atoms. The lowest BCUT2D eigenvalue weighted by molar-refractivity contribution is -0.114. The van der Waals surface area contributed by atoms with Crippen LogP contribution < -0.4 is 5.32 Å². The van der Waals surface area contributed by atoms with Crippen LogP contribution in [-0.4, -0.2) is 33.9 Å². The van der Waals surface area contributed by atoms with Crippen molar-refractivity contribution in [3.05, 3.63) is 82.5 Å². The van der Waals surface area contributed by atoms with E-state index in [1.165, 1.54) is 12.3 Å². The lowest BCUT2D eigenvalue weighted by Gasteiger charge is -2.05. The van der Waals surface area contributed by atoms with Crippen molar-refractivity contribution in [3.8, 4) is 22.7 Å². The molecular weight excluding hydrogens is 572 g/mol. The van der Waals surface area contributed by atoms with Crippen molar-refractivity contribution < 1.29 is 22.3 Å². The summed E-state index contributed by atoms with van der Waals surface area (Å²) in [6.45, 7) is 1.63. The summed E-state index contributed by atoms with van der Waals surface area (Å²) in [5.41, 5.74) is 2.52. The highest BCUT2D eigenvalue weighted by Crippen LogP contribution is 2.35. The Hall–Kier alpha value is -2.66. The molecule has 0 saturated carbocycles. The van der Waals surface area contributed by atoms with E-state index in [0.717, 1.165) is 0 Å². The highest BCUT2D eigenvalue weighted by Gasteiger charge is 2.16. The molecule has 188 valence electrons. The number of hydrogen-bond donors (Lipinski definition) is 2. The molecule has 2 N–H and O–H groups in total. The van der Waals surface area contributed by atoms with Gasteiger partial charge in [0, 0.05) is 23.5 Å². The van der Waals surface area contributed by atoms with Crippen molar-refractivity contribution in [3.63, 3.8) is 0 Å². The van der Waals surface area contributed by atoms with Gasteiger partial charge in [0.1, 0.15) is 11.4 Å². The average molecular weight is 589 g/mol. The van der Waals surface area contributed by atoms with Gasteiger partial charge in [-0.15, -0.1) is 0 Å². The topological polar surface area (TPSA) is 122 Å². The number of alkyl halides is 2. The molecule has 2 heterocycles. The summed E-state index contributed by atoms with van der Waals surface area (Å²) >= 11 is 23.4. The van der Waals surface area contributed by atoms with Gasteiger partial charge in [-0.05, 0) is 42.8 Å². The monoisotopic (exact) mass is 587 g/mol. The lowest BCUT2D eigenvalue weighted by Crippen LogP contribution is -2.18. The number of nitrogens with zero attached hydrogens (tertiary/aromatic N) is 2. The number of pyridine rings is 1. The number of nitrogens with one attached hydrogen (secondary N) is 1. The summed E-state index contributed by atoms with van der Waals surface area (Å²) in [5, 5.41) is 7.46. The summed E-state index contributed by atoms with van der Waals surface area (Å²) in [6.07, 6.45) is 1.51. The summed E-state index contributed by atoms with van der Waals surface area (Å²) in [7, 11) is -4.03. The van der Waals surface area contributed by atoms with Crippen LogP contribution in [0.3, 0.4) is 0 Å². The van der Waals surface area contributed by atoms with E-state index in [1.54, 1.807) is 61.5 Å². The molecule has 4 rings (SSSR count). The van der Waals surface area contributed by atoms with Crippen LogP contribution in [0.15, 0.2) is 76.3 Å². The van der Waals surface area contributed by atoms with Gasteiger partial charge in [0.05, 0.1) is 14.9 Å². The second kappa shape index (κ2) is 12.1. The SMILES string of the molecule is Cc1ccccc1S(=O)(=O)O.O=C(Nc1ccnc(-c2cc(-c3c(Cl)cccc3Cl)no2)c1)C(Cl)Cl. The second-order valence-electron chi connectivity index (χ2n) is 7.13. The fraction of sp³-hybridized carbons (Fsp3) is 0.0870. The predicted molar refractivity (Wildman–Crippen MR) is 140 cm³/mol. The third kappa shape index (κ3) is 7.19. The van der Waals surface area contributed by atoms with Gasteiger partial charge in [0.2, 0.25) is 0 Å². The van der Waals surface area contributed by atoms with Crippen LogP contribution in [0.5, 0.6) is 0 Å². The minimum absolute atomic E-state index is 0.0278. The highest BCUT2D eigenvalue weighted by atomic mass is 35.5. The van der Waals surface area contributed by atoms with E-state index in [-0.39, 0.29) is 4.90 Å². The molecular formula is C23H17Cl4N3O5S. The fourth-order valence-corrected chi connectivity index (χ4v) is 4.37. The molecule has 0 aliphatic rings. The highest BCUT2D eigenvalue weighted by molar-refractivity contribution is 7.85. The van der Waals surface area contributed by atoms with Crippen molar-refractivity contribution in [1.82, 2.24) is 10.1 Å². The number of hydrogen-bond acceptors (Lipinski definition) is 6. The molecule has 4 aromatic rings. The first-order valence-corrected chi connectivity index (χ1v) is 13.0. The first-order chi connectivity index (χ1) is 17.0. The van der Waals surface area contributed by atoms with Crippen LogP contribution in [0.4, 0.5) is 5.69 Å². The third-order valence-electron chi connectivity index (χ3n) is 4.58. The van der Waals surface area contributed by atoms with Crippen molar-refractivity contribution in [2.24, 2.45) is 0 Å². The largest absolute Gasteiger partial charge is 0.354 e. The fourth-order valence-electron chi connectivity index (χ4n) is 2.94. The Morgan fingerprint density at radius 2 is 1.67 bits per heavy atom. The Kier molecular flexibility index (Phi) is 9.35. The molecule has 0 atom stereocenters. The molecule has 0 aliphatic carbocycles. The Morgan fingerprint density at radius 3 is 2.25 bits per heavy atom. The van der Waals surface area contributed by atoms with Gasteiger partial charge in [-0.3, -0.25) is 14.3 Å². The van der Waals surface area contributed by atoms with Crippen LogP contribution >= 0.6 is 46.4 Å². The number of carbonyl (C=O) groups excluding carboxylic acids is 1. The third-order valence-corrected chi connectivity index (χ3v) is 6.62. The van der Waals surface area contributed by atoms with Crippen molar-refractivity contribution in [2.45, 2.75) is 16.7 Å². The van der Waals surface area contributed by atoms with Crippen LogP contribution in [0.25, 0.3) is 22.7 Å². The number of aromatic nitrogens is 2. The Morgan fingerprint density at radius 1 is 1.00 bits per heavy atom. The van der Waals surface area contributed by atoms with Gasteiger partial charge in [0.15, 0.2) is 10.6 Å². The summed E-state index contributed by atoms with van der Waals surface area (Å²) in [4.78, 5) is 14.6. The maximum atomic E-state index is 11.6. The molecule has 8 nitrogen and oxygen atoms in total. The molecule has 0 aliphatic heterocycles. The van der Waals surface area contributed by atoms with Gasteiger partial charge in [-0.1, -0.05) is 75.8 Å². The van der Waals surface area contributed by atoms with E-state index in [0.29, 0.717) is 44.0 Å². The van der Waals surface area contributed by atoms with Crippen LogP contribution in [0.2, 0.25) is 10.0 Å². The van der Waals surface area contributed by atoms with Crippen LogP contribution in [0, 0.1) is 6.92 Å². The normalized spacial score (nSPS) is 11.1. The molecule has 0 fully saturated rings. The number of carbonyl (C=O) groups is 1. The predicted octanol–water partition coefficient (Wildman–Crippen LogP) is 6.69. The zero-order chi connectivity index (χ0) is 26.5. The van der Waals surface area contributed by atoms with E-state index in [9.17, 15) is 13.2 Å². The maximum Gasteiger partial charge on any atom is 0.294 e. The Bertz CT molecular complexity index is 1470. The summed E-state index contributed by atoms with van der Waals surface area (Å²) in [6, 6.07) is 16.3. The standard InChI is InChI=1S/C16H9Cl4N3O2.C7H8O3S/c17-9-2-1-3-10(18)14(9)12-7-13(25-23-12)11-6-8(4-5-21-11)22-16(24)15(19)20;1-6-4-2-3-5-7(6)11(8,9)10/h1-7,15H,(H,21,22,24);2-5H,1H3,(H,8,9,10). The number of benzene rings is 2. The maximum absolute atomic E-state index is 11.6. The van der Waals surface area contributed by atoms with Gasteiger partial charge < -0.3 is 9.84 Å². The number of amides is 1. The van der Waals surface area contributed by atoms with E-state index >= 15 is 0 Å². The molecule has 36 heavy (non-hydrogen) atoms. The number of halogens is 4. The summed E-state index contributed by atoms with van der Waals surface area (Å²) < 4.78 is 35.2. The Balaban J connectivity index is 0.000000275. The molecule has 2 aromatic carbocycles. The van der Waals surface area contributed by atoms with E-state index in [4.69, 9.17) is 55.5 Å². The summed E-state index contributed by atoms with van der Waals surface area (Å²) in [5.74, 6) is -0.156. The molecule has 0 radical (unpaired) electrons. The van der Waals surface area contributed by atoms with Crippen molar-refractivity contribution in [2.75, 3.05) is 5.32 Å². The molecule has 2 aromatic heterocycles. The van der Waals surface area contributed by atoms with Gasteiger partial charge in [0.25, 0.3) is 16.0 Å². The molecule has 0 bridgehead atoms. The van der Waals surface area contributed by atoms with Gasteiger partial charge in [-0.2, -0.15) is 8.42 Å². The van der Waals surface area contributed by atoms with Crippen LogP contribution in [-0.2, 0) is 14.9 Å².